The summed E-state index contributed by atoms with van der Waals surface area (Å²) in [5.41, 5.74) is 0.907. The highest BCUT2D eigenvalue weighted by Gasteiger charge is 2.29. The summed E-state index contributed by atoms with van der Waals surface area (Å²) < 4.78 is 11.3. The van der Waals surface area contributed by atoms with Gasteiger partial charge < -0.3 is 9.16 Å². The largest absolute Gasteiger partial charge is 0.395 e. The molecule has 0 spiro atoms. The first-order chi connectivity index (χ1) is 7.13. The number of hydrogen-bond acceptors (Lipinski definition) is 2. The summed E-state index contributed by atoms with van der Waals surface area (Å²) in [6, 6.07) is 1.30. The minimum Gasteiger partial charge on any atom is -0.395 e. The monoisotopic (exact) mass is 230 g/mol. The number of hydrogen-bond donors (Lipinski definition) is 0. The first kappa shape index (κ1) is 13.2. The van der Waals surface area contributed by atoms with Crippen LogP contribution in [0.15, 0.2) is 0 Å². The molecule has 1 rings (SSSR count). The number of rotatable bonds is 6. The lowest BCUT2D eigenvalue weighted by Crippen LogP contribution is -2.30. The fourth-order valence-electron chi connectivity index (χ4n) is 2.45. The second-order valence-corrected chi connectivity index (χ2v) is 7.92. The third-order valence-corrected chi connectivity index (χ3v) is 7.19. The van der Waals surface area contributed by atoms with Gasteiger partial charge in [0.15, 0.2) is 9.04 Å². The summed E-state index contributed by atoms with van der Waals surface area (Å²) in [6.07, 6.45) is 5.63. The van der Waals surface area contributed by atoms with Crippen LogP contribution in [-0.2, 0) is 9.16 Å². The molecule has 0 aromatic carbocycles. The van der Waals surface area contributed by atoms with Crippen LogP contribution in [0.5, 0.6) is 0 Å². The molecule has 0 N–H and O–H groups in total. The molecule has 2 nitrogen and oxygen atoms in total. The van der Waals surface area contributed by atoms with E-state index in [0.29, 0.717) is 0 Å². The van der Waals surface area contributed by atoms with Gasteiger partial charge in [0.1, 0.15) is 6.29 Å². The molecule has 0 amide bonds. The third kappa shape index (κ3) is 4.66. The van der Waals surface area contributed by atoms with Crippen LogP contribution in [-0.4, -0.2) is 22.4 Å². The quantitative estimate of drug-likeness (QED) is 0.515. The summed E-state index contributed by atoms with van der Waals surface area (Å²) >= 11 is 0. The van der Waals surface area contributed by atoms with Gasteiger partial charge in [-0.3, -0.25) is 0 Å². The molecule has 2 atom stereocenters. The molecule has 1 aliphatic carbocycles. The average Bonchev–Trinajstić information content (AvgIpc) is 2.68. The lowest BCUT2D eigenvalue weighted by molar-refractivity contribution is -0.0430. The van der Waals surface area contributed by atoms with Crippen LogP contribution in [0.3, 0.4) is 0 Å². The first-order valence-corrected chi connectivity index (χ1v) is 8.27. The Morgan fingerprint density at radius 1 is 1.20 bits per heavy atom. The fourth-order valence-corrected chi connectivity index (χ4v) is 5.92. The zero-order valence-corrected chi connectivity index (χ0v) is 11.8. The molecule has 0 aliphatic heterocycles. The molecular weight excluding hydrogens is 204 g/mol. The standard InChI is InChI=1S/C12H26O2Si/c1-10(2)9-15(14-11(3)13-4)12-7-5-6-8-12/h10-12,15H,5-9H2,1-4H3. The van der Waals surface area contributed by atoms with Crippen LogP contribution in [0.2, 0.25) is 11.6 Å². The molecule has 90 valence electrons. The highest BCUT2D eigenvalue weighted by atomic mass is 28.3. The first-order valence-electron chi connectivity index (χ1n) is 6.31. The van der Waals surface area contributed by atoms with Gasteiger partial charge in [-0.2, -0.15) is 0 Å². The average molecular weight is 230 g/mol. The van der Waals surface area contributed by atoms with Crippen molar-refractivity contribution in [2.24, 2.45) is 5.92 Å². The molecule has 3 heteroatoms. The fraction of sp³-hybridized carbons (Fsp3) is 1.00. The normalized spacial score (nSPS) is 22.2. The molecule has 2 unspecified atom stereocenters. The van der Waals surface area contributed by atoms with Crippen LogP contribution in [0.25, 0.3) is 0 Å². The Balaban J connectivity index is 2.43. The van der Waals surface area contributed by atoms with E-state index in [0.717, 1.165) is 11.5 Å². The molecule has 0 aromatic heterocycles. The van der Waals surface area contributed by atoms with Gasteiger partial charge in [-0.05, 0) is 24.4 Å². The number of ether oxygens (including phenoxy) is 1. The topological polar surface area (TPSA) is 18.5 Å². The highest BCUT2D eigenvalue weighted by molar-refractivity contribution is 6.53. The molecule has 0 saturated heterocycles. The van der Waals surface area contributed by atoms with Crippen molar-refractivity contribution in [2.45, 2.75) is 64.3 Å². The molecule has 15 heavy (non-hydrogen) atoms. The summed E-state index contributed by atoms with van der Waals surface area (Å²) in [6.45, 7) is 6.63. The smallest absolute Gasteiger partial charge is 0.183 e. The summed E-state index contributed by atoms with van der Waals surface area (Å²) in [5.74, 6) is 0.770. The maximum atomic E-state index is 6.11. The van der Waals surface area contributed by atoms with Crippen LogP contribution in [0, 0.1) is 5.92 Å². The molecular formula is C12H26O2Si. The van der Waals surface area contributed by atoms with Crippen molar-refractivity contribution in [1.82, 2.24) is 0 Å². The third-order valence-electron chi connectivity index (χ3n) is 3.33. The van der Waals surface area contributed by atoms with E-state index in [9.17, 15) is 0 Å². The Labute approximate surface area is 96.1 Å². The predicted octanol–water partition coefficient (Wildman–Crippen LogP) is 3.32. The van der Waals surface area contributed by atoms with E-state index in [2.05, 4.69) is 13.8 Å². The van der Waals surface area contributed by atoms with E-state index < -0.39 is 9.04 Å². The minimum atomic E-state index is -1.04. The SMILES string of the molecule is COC(C)O[SiH](CC(C)C)C1CCCC1. The Bertz CT molecular complexity index is 167. The Morgan fingerprint density at radius 2 is 1.80 bits per heavy atom. The maximum absolute atomic E-state index is 6.11. The predicted molar refractivity (Wildman–Crippen MR) is 66.6 cm³/mol. The van der Waals surface area contributed by atoms with Crippen molar-refractivity contribution in [3.63, 3.8) is 0 Å². The Morgan fingerprint density at radius 3 is 2.27 bits per heavy atom. The molecule has 1 saturated carbocycles. The lowest BCUT2D eigenvalue weighted by Gasteiger charge is -2.26. The Hall–Kier alpha value is 0.137. The zero-order chi connectivity index (χ0) is 11.3. The van der Waals surface area contributed by atoms with Crippen molar-refractivity contribution in [3.05, 3.63) is 0 Å². The van der Waals surface area contributed by atoms with Crippen LogP contribution in [0.4, 0.5) is 0 Å². The van der Waals surface area contributed by atoms with Gasteiger partial charge in [0, 0.05) is 7.11 Å². The second-order valence-electron chi connectivity index (χ2n) is 5.15. The van der Waals surface area contributed by atoms with E-state index in [1.165, 1.54) is 31.7 Å². The Kier molecular flexibility index (Phi) is 5.86. The van der Waals surface area contributed by atoms with Gasteiger partial charge in [-0.1, -0.05) is 39.5 Å². The highest BCUT2D eigenvalue weighted by Crippen LogP contribution is 2.36. The lowest BCUT2D eigenvalue weighted by atomic mass is 10.3. The van der Waals surface area contributed by atoms with Crippen LogP contribution >= 0.6 is 0 Å². The van der Waals surface area contributed by atoms with Crippen molar-refractivity contribution < 1.29 is 9.16 Å². The molecule has 1 fully saturated rings. The van der Waals surface area contributed by atoms with Crippen molar-refractivity contribution in [2.75, 3.05) is 7.11 Å². The molecule has 0 radical (unpaired) electrons. The van der Waals surface area contributed by atoms with Crippen molar-refractivity contribution in [3.8, 4) is 0 Å². The molecule has 0 bridgehead atoms. The zero-order valence-electron chi connectivity index (χ0n) is 10.7. The van der Waals surface area contributed by atoms with Gasteiger partial charge in [0.2, 0.25) is 0 Å². The van der Waals surface area contributed by atoms with E-state index in [-0.39, 0.29) is 6.29 Å². The molecule has 1 aliphatic rings. The van der Waals surface area contributed by atoms with E-state index in [4.69, 9.17) is 9.16 Å². The van der Waals surface area contributed by atoms with Gasteiger partial charge in [0.25, 0.3) is 0 Å². The van der Waals surface area contributed by atoms with Gasteiger partial charge in [-0.15, -0.1) is 0 Å². The van der Waals surface area contributed by atoms with Gasteiger partial charge in [-0.25, -0.2) is 0 Å². The van der Waals surface area contributed by atoms with Gasteiger partial charge in [0.05, 0.1) is 0 Å². The summed E-state index contributed by atoms with van der Waals surface area (Å²) in [7, 11) is 0.692. The maximum Gasteiger partial charge on any atom is 0.183 e. The molecule has 0 aromatic rings. The summed E-state index contributed by atoms with van der Waals surface area (Å²) in [4.78, 5) is 0. The second kappa shape index (κ2) is 6.66. The van der Waals surface area contributed by atoms with Crippen LogP contribution in [0.1, 0.15) is 46.5 Å². The van der Waals surface area contributed by atoms with Crippen molar-refractivity contribution >= 4 is 9.04 Å². The number of methoxy groups -OCH3 is 1. The van der Waals surface area contributed by atoms with Gasteiger partial charge >= 0.3 is 0 Å². The molecule has 0 heterocycles. The summed E-state index contributed by atoms with van der Waals surface area (Å²) in [5, 5.41) is 0. The van der Waals surface area contributed by atoms with E-state index in [1.54, 1.807) is 7.11 Å². The van der Waals surface area contributed by atoms with Crippen LogP contribution < -0.4 is 0 Å². The van der Waals surface area contributed by atoms with Crippen molar-refractivity contribution in [1.29, 1.82) is 0 Å². The van der Waals surface area contributed by atoms with E-state index in [1.807, 2.05) is 6.92 Å². The van der Waals surface area contributed by atoms with E-state index >= 15 is 0 Å². The minimum absolute atomic E-state index is 0.000941.